The molecule has 142 valence electrons. The summed E-state index contributed by atoms with van der Waals surface area (Å²) in [5.74, 6) is -0.114. The highest BCUT2D eigenvalue weighted by Crippen LogP contribution is 2.28. The Bertz CT molecular complexity index is 900. The highest BCUT2D eigenvalue weighted by atomic mass is 35.5. The first-order valence-electron chi connectivity index (χ1n) is 8.53. The minimum atomic E-state index is -0.379. The summed E-state index contributed by atoms with van der Waals surface area (Å²) in [5.41, 5.74) is 2.15. The van der Waals surface area contributed by atoms with Crippen molar-refractivity contribution in [3.8, 4) is 0 Å². The molecule has 3 rings (SSSR count). The summed E-state index contributed by atoms with van der Waals surface area (Å²) in [6, 6.07) is 6.67. The summed E-state index contributed by atoms with van der Waals surface area (Å²) in [6.45, 7) is 3.90. The standard InChI is InChI=1S/C18H20ClN5O3/c1-13-14(18(19)21(2)20-13)7-8-17(25)23-11-9-22(10-12-23)15-5-3-4-6-16(15)24(26)27/h3-8H,9-12H2,1-2H3/b8-7+. The Morgan fingerprint density at radius 2 is 1.93 bits per heavy atom. The zero-order chi connectivity index (χ0) is 19.6. The average molecular weight is 390 g/mol. The van der Waals surface area contributed by atoms with E-state index in [0.717, 1.165) is 11.3 Å². The van der Waals surface area contributed by atoms with Gasteiger partial charge < -0.3 is 9.80 Å². The number of carbonyl (C=O) groups excluding carboxylic acids is 1. The van der Waals surface area contributed by atoms with Gasteiger partial charge in [0, 0.05) is 50.9 Å². The smallest absolute Gasteiger partial charge is 0.292 e. The van der Waals surface area contributed by atoms with Gasteiger partial charge in [-0.1, -0.05) is 23.7 Å². The number of hydrogen-bond acceptors (Lipinski definition) is 5. The van der Waals surface area contributed by atoms with Crippen LogP contribution >= 0.6 is 11.6 Å². The van der Waals surface area contributed by atoms with E-state index in [0.29, 0.717) is 37.0 Å². The first kappa shape index (κ1) is 18.9. The quantitative estimate of drug-likeness (QED) is 0.456. The Labute approximate surface area is 161 Å². The monoisotopic (exact) mass is 389 g/mol. The molecule has 0 bridgehead atoms. The molecule has 2 aromatic rings. The van der Waals surface area contributed by atoms with Crippen molar-refractivity contribution in [1.82, 2.24) is 14.7 Å². The molecule has 0 radical (unpaired) electrons. The molecule has 1 aromatic carbocycles. The van der Waals surface area contributed by atoms with Crippen molar-refractivity contribution in [2.24, 2.45) is 7.05 Å². The number of aromatic nitrogens is 2. The van der Waals surface area contributed by atoms with Gasteiger partial charge in [0.25, 0.3) is 5.69 Å². The lowest BCUT2D eigenvalue weighted by Crippen LogP contribution is -2.48. The molecule has 0 aliphatic carbocycles. The average Bonchev–Trinajstić information content (AvgIpc) is 2.91. The highest BCUT2D eigenvalue weighted by Gasteiger charge is 2.24. The van der Waals surface area contributed by atoms with Crippen molar-refractivity contribution in [3.63, 3.8) is 0 Å². The van der Waals surface area contributed by atoms with Gasteiger partial charge in [-0.15, -0.1) is 0 Å². The van der Waals surface area contributed by atoms with E-state index in [1.807, 2.05) is 11.8 Å². The van der Waals surface area contributed by atoms with E-state index in [9.17, 15) is 14.9 Å². The summed E-state index contributed by atoms with van der Waals surface area (Å²) in [7, 11) is 1.75. The molecule has 2 heterocycles. The van der Waals surface area contributed by atoms with E-state index in [4.69, 9.17) is 11.6 Å². The van der Waals surface area contributed by atoms with E-state index in [1.165, 1.54) is 12.1 Å². The lowest BCUT2D eigenvalue weighted by Gasteiger charge is -2.35. The van der Waals surface area contributed by atoms with Crippen LogP contribution in [-0.4, -0.2) is 51.7 Å². The second kappa shape index (κ2) is 7.79. The third kappa shape index (κ3) is 3.95. The predicted octanol–water partition coefficient (Wildman–Crippen LogP) is 2.65. The van der Waals surface area contributed by atoms with E-state index >= 15 is 0 Å². The number of nitro groups is 1. The number of carbonyl (C=O) groups is 1. The maximum atomic E-state index is 12.5. The number of anilines is 1. The number of amides is 1. The number of benzene rings is 1. The Kier molecular flexibility index (Phi) is 5.46. The second-order valence-electron chi connectivity index (χ2n) is 6.30. The number of para-hydroxylation sites is 2. The van der Waals surface area contributed by atoms with Crippen molar-refractivity contribution < 1.29 is 9.72 Å². The van der Waals surface area contributed by atoms with Crippen LogP contribution in [0, 0.1) is 17.0 Å². The van der Waals surface area contributed by atoms with Crippen LogP contribution < -0.4 is 4.90 Å². The SMILES string of the molecule is Cc1nn(C)c(Cl)c1/C=C/C(=O)N1CCN(c2ccccc2[N+](=O)[O-])CC1. The fourth-order valence-electron chi connectivity index (χ4n) is 3.15. The molecule has 1 saturated heterocycles. The minimum Gasteiger partial charge on any atom is -0.362 e. The Morgan fingerprint density at radius 3 is 2.52 bits per heavy atom. The summed E-state index contributed by atoms with van der Waals surface area (Å²) >= 11 is 6.17. The molecule has 0 N–H and O–H groups in total. The molecule has 1 aliphatic heterocycles. The first-order chi connectivity index (χ1) is 12.9. The third-order valence-corrected chi connectivity index (χ3v) is 5.05. The normalized spacial score (nSPS) is 14.8. The van der Waals surface area contributed by atoms with Crippen LogP contribution in [0.2, 0.25) is 5.15 Å². The van der Waals surface area contributed by atoms with Crippen LogP contribution in [0.3, 0.4) is 0 Å². The second-order valence-corrected chi connectivity index (χ2v) is 6.66. The molecule has 1 aliphatic rings. The van der Waals surface area contributed by atoms with Crippen LogP contribution in [0.5, 0.6) is 0 Å². The van der Waals surface area contributed by atoms with Gasteiger partial charge in [-0.05, 0) is 19.1 Å². The van der Waals surface area contributed by atoms with Crippen LogP contribution in [-0.2, 0) is 11.8 Å². The fraction of sp³-hybridized carbons (Fsp3) is 0.333. The van der Waals surface area contributed by atoms with E-state index in [1.54, 1.807) is 40.9 Å². The van der Waals surface area contributed by atoms with Gasteiger partial charge in [0.2, 0.25) is 5.91 Å². The summed E-state index contributed by atoms with van der Waals surface area (Å²) in [6.07, 6.45) is 3.18. The van der Waals surface area contributed by atoms with Crippen LogP contribution in [0.25, 0.3) is 6.08 Å². The molecule has 0 spiro atoms. The minimum absolute atomic E-state index is 0.0823. The summed E-state index contributed by atoms with van der Waals surface area (Å²) in [5, 5.41) is 15.9. The molecule has 0 atom stereocenters. The fourth-order valence-corrected chi connectivity index (χ4v) is 3.39. The molecular formula is C18H20ClN5O3. The Balaban J connectivity index is 1.65. The molecule has 1 fully saturated rings. The van der Waals surface area contributed by atoms with Gasteiger partial charge in [-0.2, -0.15) is 5.10 Å². The molecule has 1 amide bonds. The van der Waals surface area contributed by atoms with Crippen LogP contribution in [0.15, 0.2) is 30.3 Å². The first-order valence-corrected chi connectivity index (χ1v) is 8.90. The Hall–Kier alpha value is -2.87. The summed E-state index contributed by atoms with van der Waals surface area (Å²) < 4.78 is 1.56. The van der Waals surface area contributed by atoms with Crippen molar-refractivity contribution in [2.45, 2.75) is 6.92 Å². The highest BCUT2D eigenvalue weighted by molar-refractivity contribution is 6.31. The number of halogens is 1. The zero-order valence-corrected chi connectivity index (χ0v) is 15.9. The van der Waals surface area contributed by atoms with Gasteiger partial charge in [0.05, 0.1) is 10.6 Å². The molecule has 1 aromatic heterocycles. The predicted molar refractivity (Wildman–Crippen MR) is 104 cm³/mol. The third-order valence-electron chi connectivity index (χ3n) is 4.60. The van der Waals surface area contributed by atoms with Gasteiger partial charge in [-0.25, -0.2) is 0 Å². The summed E-state index contributed by atoms with van der Waals surface area (Å²) in [4.78, 5) is 26.9. The lowest BCUT2D eigenvalue weighted by molar-refractivity contribution is -0.384. The molecule has 9 heteroatoms. The topological polar surface area (TPSA) is 84.5 Å². The molecule has 0 unspecified atom stereocenters. The molecule has 8 nitrogen and oxygen atoms in total. The molecular weight excluding hydrogens is 370 g/mol. The molecule has 27 heavy (non-hydrogen) atoms. The number of piperazine rings is 1. The van der Waals surface area contributed by atoms with Gasteiger partial charge in [-0.3, -0.25) is 19.6 Å². The zero-order valence-electron chi connectivity index (χ0n) is 15.1. The van der Waals surface area contributed by atoms with Crippen molar-refractivity contribution in [2.75, 3.05) is 31.1 Å². The maximum absolute atomic E-state index is 12.5. The van der Waals surface area contributed by atoms with Crippen LogP contribution in [0.4, 0.5) is 11.4 Å². The lowest BCUT2D eigenvalue weighted by atomic mass is 10.2. The van der Waals surface area contributed by atoms with Gasteiger partial charge >= 0.3 is 0 Å². The molecule has 0 saturated carbocycles. The number of hydrogen-bond donors (Lipinski definition) is 0. The number of nitro benzene ring substituents is 1. The van der Waals surface area contributed by atoms with Crippen molar-refractivity contribution in [3.05, 3.63) is 56.9 Å². The number of rotatable bonds is 4. The maximum Gasteiger partial charge on any atom is 0.292 e. The van der Waals surface area contributed by atoms with Crippen LogP contribution in [0.1, 0.15) is 11.3 Å². The largest absolute Gasteiger partial charge is 0.362 e. The Morgan fingerprint density at radius 1 is 1.26 bits per heavy atom. The van der Waals surface area contributed by atoms with E-state index in [-0.39, 0.29) is 16.5 Å². The van der Waals surface area contributed by atoms with E-state index in [2.05, 4.69) is 5.10 Å². The number of aryl methyl sites for hydroxylation is 2. The number of nitrogens with zero attached hydrogens (tertiary/aromatic N) is 5. The van der Waals surface area contributed by atoms with Gasteiger partial charge in [0.15, 0.2) is 0 Å². The van der Waals surface area contributed by atoms with Crippen molar-refractivity contribution >= 4 is 35.0 Å². The van der Waals surface area contributed by atoms with E-state index < -0.39 is 0 Å². The van der Waals surface area contributed by atoms with Gasteiger partial charge in [0.1, 0.15) is 10.8 Å². The van der Waals surface area contributed by atoms with Crippen molar-refractivity contribution in [1.29, 1.82) is 0 Å².